The third-order valence-electron chi connectivity index (χ3n) is 5.84. The Balaban J connectivity index is 1.56. The largest absolute Gasteiger partial charge is 0.462 e. The van der Waals surface area contributed by atoms with Crippen molar-refractivity contribution >= 4 is 36.9 Å². The second kappa shape index (κ2) is 12.9. The van der Waals surface area contributed by atoms with Gasteiger partial charge in [0.05, 0.1) is 12.7 Å². The molecular formula is C26H27ClN3O9P. The molecule has 1 saturated heterocycles. The summed E-state index contributed by atoms with van der Waals surface area (Å²) >= 11 is 5.54. The number of aromatic nitrogens is 2. The van der Waals surface area contributed by atoms with E-state index in [0.29, 0.717) is 5.75 Å². The molecule has 2 heterocycles. The number of aliphatic hydroxyl groups excluding tert-OH is 1. The number of hydrogen-bond acceptors (Lipinski definition) is 10. The van der Waals surface area contributed by atoms with Crippen molar-refractivity contribution in [1.82, 2.24) is 14.6 Å². The van der Waals surface area contributed by atoms with Gasteiger partial charge >= 0.3 is 20.2 Å². The highest BCUT2D eigenvalue weighted by Crippen LogP contribution is 2.42. The van der Waals surface area contributed by atoms with Crippen molar-refractivity contribution in [1.29, 1.82) is 0 Å². The fourth-order valence-corrected chi connectivity index (χ4v) is 5.29. The molecule has 1 aromatic heterocycles. The second-order valence-corrected chi connectivity index (χ2v) is 10.5. The summed E-state index contributed by atoms with van der Waals surface area (Å²) in [6, 6.07) is 14.0. The predicted molar refractivity (Wildman–Crippen MR) is 146 cm³/mol. The van der Waals surface area contributed by atoms with Crippen molar-refractivity contribution in [2.45, 2.75) is 44.0 Å². The van der Waals surface area contributed by atoms with Crippen molar-refractivity contribution in [3.05, 3.63) is 75.6 Å². The lowest BCUT2D eigenvalue weighted by Gasteiger charge is -2.26. The number of hydrogen-bond donors (Lipinski definition) is 4. The molecule has 5 unspecified atom stereocenters. The first-order valence-corrected chi connectivity index (χ1v) is 13.7. The Morgan fingerprint density at radius 1 is 1.25 bits per heavy atom. The van der Waals surface area contributed by atoms with Crippen LogP contribution >= 0.6 is 20.1 Å². The first-order chi connectivity index (χ1) is 19.1. The monoisotopic (exact) mass is 591 g/mol. The number of ether oxygens (including phenoxy) is 2. The Kier molecular flexibility index (Phi) is 9.60. The van der Waals surface area contributed by atoms with Gasteiger partial charge in [-0.3, -0.25) is 19.1 Å². The summed E-state index contributed by atoms with van der Waals surface area (Å²) in [5.41, 5.74) is -3.89. The third kappa shape index (κ3) is 6.71. The van der Waals surface area contributed by atoms with E-state index in [1.54, 1.807) is 26.0 Å². The molecule has 0 spiro atoms. The fraction of sp³-hybridized carbons (Fsp3) is 0.346. The average Bonchev–Trinajstić information content (AvgIpc) is 3.15. The summed E-state index contributed by atoms with van der Waals surface area (Å²) in [6.45, 7) is 2.85. The van der Waals surface area contributed by atoms with Crippen molar-refractivity contribution < 1.29 is 33.5 Å². The first-order valence-electron chi connectivity index (χ1n) is 12.1. The molecule has 1 aliphatic rings. The number of carbonyl (C=O) groups excluding carboxylic acids is 1. The van der Waals surface area contributed by atoms with Gasteiger partial charge in [-0.15, -0.1) is 0 Å². The fourth-order valence-electron chi connectivity index (χ4n) is 4.05. The zero-order valence-corrected chi connectivity index (χ0v) is 23.1. The molecule has 14 heteroatoms. The number of rotatable bonds is 10. The highest BCUT2D eigenvalue weighted by Gasteiger charge is 2.56. The molecule has 0 saturated carbocycles. The van der Waals surface area contributed by atoms with E-state index < -0.39 is 49.8 Å². The Labute approximate surface area is 234 Å². The van der Waals surface area contributed by atoms with Crippen LogP contribution in [0.2, 0.25) is 0 Å². The number of aliphatic hydroxyl groups is 2. The van der Waals surface area contributed by atoms with Gasteiger partial charge in [0.1, 0.15) is 24.5 Å². The molecule has 4 N–H and O–H groups in total. The summed E-state index contributed by atoms with van der Waals surface area (Å²) in [6.07, 6.45) is -3.68. The second-order valence-electron chi connectivity index (χ2n) is 9.03. The maximum absolute atomic E-state index is 12.4. The standard InChI is InChI=1S/C26H27ClN3O9P/c1-16(2)37-22(32)14-28-40(39-19-9-5-7-17-6-3-4-8-18(17)19)36-15-20-23(33)26(35,11-12-27)24(38-20)30-13-10-21(31)29-25(30)34/h3-10,13,16,20,23-24,28,33,35H,14-15H2,1-2H3,(H,29,31,34). The van der Waals surface area contributed by atoms with Crippen LogP contribution in [0.5, 0.6) is 5.75 Å². The number of carbonyl (C=O) groups is 1. The van der Waals surface area contributed by atoms with Gasteiger partial charge in [0.2, 0.25) is 5.60 Å². The van der Waals surface area contributed by atoms with Crippen LogP contribution in [0.4, 0.5) is 0 Å². The number of aromatic amines is 1. The Bertz CT molecular complexity index is 1530. The number of nitrogens with zero attached hydrogens (tertiary/aromatic N) is 1. The van der Waals surface area contributed by atoms with E-state index in [1.165, 1.54) is 0 Å². The maximum atomic E-state index is 12.4. The smallest absolute Gasteiger partial charge is 0.330 e. The van der Waals surface area contributed by atoms with E-state index in [2.05, 4.69) is 16.0 Å². The average molecular weight is 592 g/mol. The molecular weight excluding hydrogens is 565 g/mol. The van der Waals surface area contributed by atoms with Gasteiger partial charge in [-0.2, -0.15) is 0 Å². The molecule has 5 atom stereocenters. The van der Waals surface area contributed by atoms with E-state index in [9.17, 15) is 24.6 Å². The number of H-pyrrole nitrogens is 1. The van der Waals surface area contributed by atoms with Crippen LogP contribution in [0, 0.1) is 11.3 Å². The summed E-state index contributed by atoms with van der Waals surface area (Å²) in [4.78, 5) is 38.1. The SMILES string of the molecule is CC(C)OC(=O)CNP(OCC1OC(n2ccc(=O)[nH]c2=O)C(O)(C#CCl)C1O)Oc1cccc2ccccc12. The van der Waals surface area contributed by atoms with Crippen LogP contribution in [0.3, 0.4) is 0 Å². The van der Waals surface area contributed by atoms with Gasteiger partial charge in [0, 0.05) is 23.0 Å². The van der Waals surface area contributed by atoms with Crippen LogP contribution in [0.25, 0.3) is 10.8 Å². The molecule has 12 nitrogen and oxygen atoms in total. The van der Waals surface area contributed by atoms with Gasteiger partial charge in [0.15, 0.2) is 6.23 Å². The number of nitrogens with one attached hydrogen (secondary N) is 2. The van der Waals surface area contributed by atoms with Crippen LogP contribution in [0.1, 0.15) is 20.1 Å². The molecule has 1 aliphatic heterocycles. The van der Waals surface area contributed by atoms with Gasteiger partial charge in [0.25, 0.3) is 5.56 Å². The van der Waals surface area contributed by atoms with Crippen LogP contribution in [-0.4, -0.2) is 62.8 Å². The highest BCUT2D eigenvalue weighted by atomic mass is 35.5. The minimum atomic E-state index is -2.33. The maximum Gasteiger partial charge on any atom is 0.330 e. The number of halogens is 1. The van der Waals surface area contributed by atoms with Gasteiger partial charge in [-0.25, -0.2) is 9.88 Å². The van der Waals surface area contributed by atoms with E-state index in [0.717, 1.165) is 27.6 Å². The lowest BCUT2D eigenvalue weighted by atomic mass is 9.95. The minimum Gasteiger partial charge on any atom is -0.462 e. The summed E-state index contributed by atoms with van der Waals surface area (Å²) in [5, 5.41) is 28.7. The molecule has 2 aromatic carbocycles. The lowest BCUT2D eigenvalue weighted by molar-refractivity contribution is -0.145. The van der Waals surface area contributed by atoms with Crippen molar-refractivity contribution in [3.8, 4) is 17.0 Å². The van der Waals surface area contributed by atoms with E-state index in [1.807, 2.05) is 35.7 Å². The molecule has 3 aromatic rings. The summed E-state index contributed by atoms with van der Waals surface area (Å²) in [5.74, 6) is 2.23. The molecule has 0 amide bonds. The first kappa shape index (κ1) is 29.7. The van der Waals surface area contributed by atoms with E-state index in [-0.39, 0.29) is 19.3 Å². The quantitative estimate of drug-likeness (QED) is 0.155. The molecule has 40 heavy (non-hydrogen) atoms. The molecule has 0 aliphatic carbocycles. The molecule has 1 fully saturated rings. The zero-order chi connectivity index (χ0) is 28.9. The van der Waals surface area contributed by atoms with Crippen LogP contribution in [0.15, 0.2) is 64.3 Å². The number of benzene rings is 2. The molecule has 212 valence electrons. The van der Waals surface area contributed by atoms with Crippen molar-refractivity contribution in [3.63, 3.8) is 0 Å². The van der Waals surface area contributed by atoms with Crippen molar-refractivity contribution in [2.75, 3.05) is 13.2 Å². The normalized spacial score (nSPS) is 23.0. The van der Waals surface area contributed by atoms with Gasteiger partial charge in [-0.1, -0.05) is 36.4 Å². The van der Waals surface area contributed by atoms with Gasteiger partial charge in [-0.05, 0) is 42.8 Å². The Morgan fingerprint density at radius 3 is 2.73 bits per heavy atom. The van der Waals surface area contributed by atoms with E-state index >= 15 is 0 Å². The summed E-state index contributed by atoms with van der Waals surface area (Å²) < 4.78 is 23.8. The van der Waals surface area contributed by atoms with Crippen molar-refractivity contribution in [2.24, 2.45) is 0 Å². The lowest BCUT2D eigenvalue weighted by Crippen LogP contribution is -2.48. The third-order valence-corrected chi connectivity index (χ3v) is 7.10. The summed E-state index contributed by atoms with van der Waals surface area (Å²) in [7, 11) is -2.02. The van der Waals surface area contributed by atoms with Gasteiger partial charge < -0.3 is 28.7 Å². The number of esters is 1. The Hall–Kier alpha value is -3.27. The molecule has 0 bridgehead atoms. The number of fused-ring (bicyclic) bond motifs is 1. The van der Waals surface area contributed by atoms with E-state index in [4.69, 9.17) is 30.1 Å². The predicted octanol–water partition coefficient (Wildman–Crippen LogP) is 1.74. The topological polar surface area (TPSA) is 161 Å². The Morgan fingerprint density at radius 2 is 2.00 bits per heavy atom. The molecule has 4 rings (SSSR count). The zero-order valence-electron chi connectivity index (χ0n) is 21.4. The minimum absolute atomic E-state index is 0.236. The van der Waals surface area contributed by atoms with Crippen LogP contribution in [-0.2, 0) is 18.8 Å². The highest BCUT2D eigenvalue weighted by molar-refractivity contribution is 7.45. The molecule has 0 radical (unpaired) electrons. The van der Waals surface area contributed by atoms with Crippen LogP contribution < -0.4 is 20.9 Å².